The summed E-state index contributed by atoms with van der Waals surface area (Å²) in [5, 5.41) is 2.60. The molecule has 0 aromatic heterocycles. The van der Waals surface area contributed by atoms with E-state index in [1.165, 1.54) is 0 Å². The molecule has 3 N–H and O–H groups in total. The lowest BCUT2D eigenvalue weighted by molar-refractivity contribution is 0.215. The largest absolute Gasteiger partial charge is 0.417 e. The van der Waals surface area contributed by atoms with Gasteiger partial charge in [0.2, 0.25) is 0 Å². The van der Waals surface area contributed by atoms with Gasteiger partial charge in [-0.1, -0.05) is 48.5 Å². The highest BCUT2D eigenvalue weighted by Gasteiger charge is 2.16. The quantitative estimate of drug-likeness (QED) is 0.525. The topological polar surface area (TPSA) is 78.8 Å². The van der Waals surface area contributed by atoms with Crippen LogP contribution in [0.25, 0.3) is 0 Å². The molecule has 1 amide bonds. The molecule has 0 aliphatic carbocycles. The molecule has 3 rings (SSSR count). The molecule has 0 atom stereocenters. The third kappa shape index (κ3) is 4.86. The number of amides is 1. The molecule has 3 aromatic carbocycles. The number of ether oxygens (including phenoxy) is 1. The van der Waals surface area contributed by atoms with Crippen molar-refractivity contribution < 1.29 is 20.1 Å². The smallest absolute Gasteiger partial charge is 0.410 e. The number of carbonyl (C=O) groups is 1. The lowest BCUT2D eigenvalue weighted by Gasteiger charge is -2.32. The molecule has 0 spiro atoms. The number of hydrogen-bond acceptors (Lipinski definition) is 4. The Morgan fingerprint density at radius 2 is 1.46 bits per heavy atom. The summed E-state index contributed by atoms with van der Waals surface area (Å²) >= 11 is 0. The number of rotatable bonds is 5. The van der Waals surface area contributed by atoms with Crippen LogP contribution in [0, 0.1) is 0 Å². The van der Waals surface area contributed by atoms with Gasteiger partial charge in [-0.05, 0) is 42.0 Å². The molecule has 0 radical (unpaired) electrons. The van der Waals surface area contributed by atoms with Crippen LogP contribution in [-0.4, -0.2) is 15.2 Å². The van der Waals surface area contributed by atoms with Crippen LogP contribution in [0.3, 0.4) is 0 Å². The fourth-order valence-corrected chi connectivity index (χ4v) is 3.78. The van der Waals surface area contributed by atoms with Crippen molar-refractivity contribution in [2.24, 2.45) is 0 Å². The Hall–Kier alpha value is -2.80. The van der Waals surface area contributed by atoms with E-state index < -0.39 is 16.7 Å². The van der Waals surface area contributed by atoms with E-state index in [0.29, 0.717) is 16.3 Å². The molecule has 3 aromatic rings. The van der Waals surface area contributed by atoms with E-state index in [2.05, 4.69) is 5.32 Å². The molecule has 0 unspecified atom stereocenters. The molecule has 0 saturated carbocycles. The van der Waals surface area contributed by atoms with Crippen LogP contribution in [0.4, 0.5) is 10.5 Å². The molecular weight excluding hydrogens is 350 g/mol. The highest BCUT2D eigenvalue weighted by Crippen LogP contribution is 2.51. The van der Waals surface area contributed by atoms with Crippen LogP contribution in [0.5, 0.6) is 5.75 Å². The molecule has 0 heterocycles. The van der Waals surface area contributed by atoms with E-state index in [4.69, 9.17) is 4.74 Å². The van der Waals surface area contributed by atoms with E-state index >= 15 is 0 Å². The Morgan fingerprint density at radius 3 is 2.08 bits per heavy atom. The predicted octanol–water partition coefficient (Wildman–Crippen LogP) is 5.85. The zero-order valence-electron chi connectivity index (χ0n) is 13.9. The maximum atomic E-state index is 11.9. The van der Waals surface area contributed by atoms with Crippen LogP contribution >= 0.6 is 10.6 Å². The minimum Gasteiger partial charge on any atom is -0.410 e. The minimum atomic E-state index is -2.95. The lowest BCUT2D eigenvalue weighted by Crippen LogP contribution is -2.16. The van der Waals surface area contributed by atoms with Crippen molar-refractivity contribution in [3.05, 3.63) is 90.5 Å². The second-order valence-corrected chi connectivity index (χ2v) is 7.74. The van der Waals surface area contributed by atoms with Crippen molar-refractivity contribution in [1.29, 1.82) is 0 Å². The van der Waals surface area contributed by atoms with Crippen molar-refractivity contribution >= 4 is 22.4 Å². The third-order valence-corrected chi connectivity index (χ3v) is 5.41. The monoisotopic (exact) mass is 371 g/mol. The summed E-state index contributed by atoms with van der Waals surface area (Å²) in [6.45, 7) is 0. The molecule has 6 heteroatoms. The van der Waals surface area contributed by atoms with Gasteiger partial charge in [-0.2, -0.15) is 10.6 Å². The Bertz CT molecular complexity index is 858. The first-order valence-corrected chi connectivity index (χ1v) is 9.68. The van der Waals surface area contributed by atoms with E-state index in [9.17, 15) is 13.9 Å². The Balaban J connectivity index is 0.00000261. The number of nitrogens with one attached hydrogen (secondary N) is 1. The van der Waals surface area contributed by atoms with Crippen LogP contribution in [0.15, 0.2) is 89.8 Å². The molecule has 0 fully saturated rings. The normalized spacial score (nSPS) is 11.6. The summed E-state index contributed by atoms with van der Waals surface area (Å²) in [7, 11) is -2.95. The first kappa shape index (κ1) is 18.0. The molecule has 0 aliphatic heterocycles. The van der Waals surface area contributed by atoms with E-state index in [1.54, 1.807) is 48.5 Å². The van der Waals surface area contributed by atoms with Crippen molar-refractivity contribution in [1.82, 2.24) is 0 Å². The Labute approximate surface area is 155 Å². The number of hydrogen-bond donors (Lipinski definition) is 3. The summed E-state index contributed by atoms with van der Waals surface area (Å²) in [5.41, 5.74) is 1.35. The second-order valence-electron chi connectivity index (χ2n) is 5.65. The van der Waals surface area contributed by atoms with Gasteiger partial charge in [0.05, 0.1) is 10.6 Å². The van der Waals surface area contributed by atoms with Gasteiger partial charge in [0.15, 0.2) is 0 Å². The summed E-state index contributed by atoms with van der Waals surface area (Å²) in [6.07, 6.45) is -0.611. The molecule has 0 aliphatic rings. The number of benzene rings is 3. The van der Waals surface area contributed by atoms with Gasteiger partial charge in [0.1, 0.15) is 5.75 Å². The average molecular weight is 371 g/mol. The summed E-state index contributed by atoms with van der Waals surface area (Å²) in [6, 6.07) is 24.4. The summed E-state index contributed by atoms with van der Waals surface area (Å²) in [4.78, 5) is 12.3. The minimum absolute atomic E-state index is 0. The van der Waals surface area contributed by atoms with Gasteiger partial charge in [0, 0.05) is 7.11 Å². The molecule has 5 nitrogen and oxygen atoms in total. The zero-order valence-corrected chi connectivity index (χ0v) is 14.7. The van der Waals surface area contributed by atoms with Crippen LogP contribution in [-0.2, 0) is 5.75 Å². The molecule has 0 saturated heterocycles. The van der Waals surface area contributed by atoms with Crippen LogP contribution < -0.4 is 10.1 Å². The number of carbonyl (C=O) groups excluding carboxylic acids is 1. The molecule has 136 valence electrons. The van der Waals surface area contributed by atoms with Crippen molar-refractivity contribution in [2.75, 3.05) is 5.32 Å². The fraction of sp³-hybridized carbons (Fsp3) is 0.0500. The van der Waals surface area contributed by atoms with Crippen molar-refractivity contribution in [3.63, 3.8) is 0 Å². The van der Waals surface area contributed by atoms with Gasteiger partial charge in [0.25, 0.3) is 0 Å². The van der Waals surface area contributed by atoms with E-state index in [0.717, 1.165) is 5.56 Å². The zero-order chi connectivity index (χ0) is 18.4. The van der Waals surface area contributed by atoms with Gasteiger partial charge in [-0.25, -0.2) is 4.79 Å². The maximum absolute atomic E-state index is 11.9. The van der Waals surface area contributed by atoms with Gasteiger partial charge in [-0.3, -0.25) is 14.4 Å². The lowest BCUT2D eigenvalue weighted by atomic mass is 10.2. The predicted molar refractivity (Wildman–Crippen MR) is 106 cm³/mol. The van der Waals surface area contributed by atoms with Gasteiger partial charge in [-0.15, -0.1) is 0 Å². The molecular formula is C20H21NO4S. The van der Waals surface area contributed by atoms with E-state index in [1.807, 2.05) is 36.4 Å². The first-order chi connectivity index (χ1) is 12.5. The Morgan fingerprint density at radius 1 is 0.885 bits per heavy atom. The van der Waals surface area contributed by atoms with Crippen molar-refractivity contribution in [2.45, 2.75) is 10.6 Å². The van der Waals surface area contributed by atoms with Crippen LogP contribution in [0.1, 0.15) is 6.99 Å². The van der Waals surface area contributed by atoms with E-state index in [-0.39, 0.29) is 7.18 Å². The average Bonchev–Trinajstić information content (AvgIpc) is 2.63. The number of para-hydroxylation sites is 1. The SMILES string of the molecule is O=C(Nc1ccc(S(O)(O)Cc2ccccc2)cc1)Oc1ccccc1.[HH]. The first-order valence-electron chi connectivity index (χ1n) is 7.97. The molecule has 26 heavy (non-hydrogen) atoms. The highest BCUT2D eigenvalue weighted by molar-refractivity contribution is 8.23. The number of anilines is 1. The van der Waals surface area contributed by atoms with Crippen LogP contribution in [0.2, 0.25) is 0 Å². The maximum Gasteiger partial charge on any atom is 0.417 e. The fourth-order valence-electron chi connectivity index (χ4n) is 2.39. The molecule has 0 bridgehead atoms. The second kappa shape index (κ2) is 8.05. The summed E-state index contributed by atoms with van der Waals surface area (Å²) < 4.78 is 26.0. The third-order valence-electron chi connectivity index (χ3n) is 3.64. The summed E-state index contributed by atoms with van der Waals surface area (Å²) in [5.74, 6) is 0.593. The van der Waals surface area contributed by atoms with Gasteiger partial charge < -0.3 is 4.74 Å². The van der Waals surface area contributed by atoms with Crippen molar-refractivity contribution in [3.8, 4) is 5.75 Å². The highest BCUT2D eigenvalue weighted by atomic mass is 32.3. The Kier molecular flexibility index (Phi) is 5.58. The van der Waals surface area contributed by atoms with Gasteiger partial charge >= 0.3 is 6.09 Å². The standard InChI is InChI=1S/C20H19NO4S.H2/c22-20(25-18-9-5-2-6-10-18)21-17-11-13-19(14-12-17)26(23,24)15-16-7-3-1-4-8-16;/h1-14,23-24H,15H2,(H,21,22);1H.